The lowest BCUT2D eigenvalue weighted by Crippen LogP contribution is -2.42. The van der Waals surface area contributed by atoms with Crippen molar-refractivity contribution in [2.24, 2.45) is 5.92 Å². The van der Waals surface area contributed by atoms with Crippen LogP contribution in [0.5, 0.6) is 0 Å². The van der Waals surface area contributed by atoms with Gasteiger partial charge in [-0.1, -0.05) is 32.8 Å². The third-order valence-electron chi connectivity index (χ3n) is 3.48. The zero-order valence-corrected chi connectivity index (χ0v) is 11.9. The molecule has 1 unspecified atom stereocenters. The van der Waals surface area contributed by atoms with Crippen LogP contribution in [0.1, 0.15) is 45.4 Å². The van der Waals surface area contributed by atoms with Crippen LogP contribution in [0, 0.1) is 5.92 Å². The van der Waals surface area contributed by atoms with E-state index in [2.05, 4.69) is 13.5 Å². The Morgan fingerprint density at radius 3 is 2.84 bits per heavy atom. The molecule has 0 saturated carbocycles. The number of carbonyl (C=O) groups is 2. The van der Waals surface area contributed by atoms with Gasteiger partial charge in [0, 0.05) is 13.1 Å². The maximum absolute atomic E-state index is 11.9. The molecule has 4 nitrogen and oxygen atoms in total. The summed E-state index contributed by atoms with van der Waals surface area (Å²) in [4.78, 5) is 25.1. The number of rotatable bonds is 7. The molecule has 1 aliphatic rings. The highest BCUT2D eigenvalue weighted by Gasteiger charge is 2.28. The molecule has 0 bridgehead atoms. The molecule has 1 aliphatic heterocycles. The van der Waals surface area contributed by atoms with Crippen molar-refractivity contribution in [3.8, 4) is 0 Å². The maximum Gasteiger partial charge on any atom is 0.310 e. The van der Waals surface area contributed by atoms with Crippen molar-refractivity contribution in [3.63, 3.8) is 0 Å². The van der Waals surface area contributed by atoms with Crippen molar-refractivity contribution in [1.29, 1.82) is 0 Å². The average molecular weight is 267 g/mol. The second kappa shape index (κ2) is 8.73. The molecule has 1 saturated heterocycles. The Morgan fingerprint density at radius 2 is 2.16 bits per heavy atom. The van der Waals surface area contributed by atoms with Gasteiger partial charge in [-0.2, -0.15) is 0 Å². The first-order valence-corrected chi connectivity index (χ1v) is 7.27. The van der Waals surface area contributed by atoms with Gasteiger partial charge in [-0.25, -0.2) is 0 Å². The quantitative estimate of drug-likeness (QED) is 0.404. The summed E-state index contributed by atoms with van der Waals surface area (Å²) < 4.78 is 5.29. The number of unbranched alkanes of at least 4 members (excludes halogenated alkanes) is 3. The van der Waals surface area contributed by atoms with Crippen LogP contribution < -0.4 is 0 Å². The SMILES string of the molecule is C=CC(=O)N1CCCC(C(=O)OCCCCCC)C1. The molecular formula is C15H25NO3. The molecule has 0 aliphatic carbocycles. The monoisotopic (exact) mass is 267 g/mol. The van der Waals surface area contributed by atoms with Crippen LogP contribution in [0.15, 0.2) is 12.7 Å². The number of ether oxygens (including phenoxy) is 1. The number of carbonyl (C=O) groups excluding carboxylic acids is 2. The maximum atomic E-state index is 11.9. The first kappa shape index (κ1) is 15.7. The molecule has 1 amide bonds. The van der Waals surface area contributed by atoms with Gasteiger partial charge < -0.3 is 9.64 Å². The van der Waals surface area contributed by atoms with E-state index in [0.717, 1.165) is 25.7 Å². The van der Waals surface area contributed by atoms with E-state index in [9.17, 15) is 9.59 Å². The van der Waals surface area contributed by atoms with E-state index >= 15 is 0 Å². The molecule has 0 radical (unpaired) electrons. The zero-order chi connectivity index (χ0) is 14.1. The predicted octanol–water partition coefficient (Wildman–Crippen LogP) is 2.53. The minimum Gasteiger partial charge on any atom is -0.465 e. The topological polar surface area (TPSA) is 46.6 Å². The Labute approximate surface area is 115 Å². The van der Waals surface area contributed by atoms with Gasteiger partial charge in [-0.05, 0) is 25.3 Å². The lowest BCUT2D eigenvalue weighted by molar-refractivity contribution is -0.151. The van der Waals surface area contributed by atoms with Gasteiger partial charge >= 0.3 is 5.97 Å². The fraction of sp³-hybridized carbons (Fsp3) is 0.733. The van der Waals surface area contributed by atoms with Crippen molar-refractivity contribution in [1.82, 2.24) is 4.90 Å². The molecule has 0 spiro atoms. The van der Waals surface area contributed by atoms with Crippen LogP contribution in [0.3, 0.4) is 0 Å². The lowest BCUT2D eigenvalue weighted by Gasteiger charge is -2.30. The Hall–Kier alpha value is -1.32. The molecule has 4 heteroatoms. The van der Waals surface area contributed by atoms with E-state index in [0.29, 0.717) is 19.7 Å². The summed E-state index contributed by atoms with van der Waals surface area (Å²) in [6.45, 7) is 7.32. The van der Waals surface area contributed by atoms with Crippen molar-refractivity contribution in [2.45, 2.75) is 45.4 Å². The molecule has 1 atom stereocenters. The van der Waals surface area contributed by atoms with Crippen LogP contribution in [0.4, 0.5) is 0 Å². The van der Waals surface area contributed by atoms with Gasteiger partial charge in [0.25, 0.3) is 0 Å². The number of hydrogen-bond donors (Lipinski definition) is 0. The minimum absolute atomic E-state index is 0.0968. The number of likely N-dealkylation sites (tertiary alicyclic amines) is 1. The first-order chi connectivity index (χ1) is 9.19. The second-order valence-corrected chi connectivity index (χ2v) is 5.06. The highest BCUT2D eigenvalue weighted by atomic mass is 16.5. The Morgan fingerprint density at radius 1 is 1.37 bits per heavy atom. The lowest BCUT2D eigenvalue weighted by atomic mass is 9.98. The number of piperidine rings is 1. The van der Waals surface area contributed by atoms with Crippen molar-refractivity contribution >= 4 is 11.9 Å². The first-order valence-electron chi connectivity index (χ1n) is 7.27. The number of amides is 1. The number of esters is 1. The van der Waals surface area contributed by atoms with Gasteiger partial charge in [0.1, 0.15) is 0 Å². The molecule has 0 aromatic heterocycles. The highest BCUT2D eigenvalue weighted by Crippen LogP contribution is 2.18. The van der Waals surface area contributed by atoms with Gasteiger partial charge in [0.05, 0.1) is 12.5 Å². The van der Waals surface area contributed by atoms with Crippen LogP contribution in [0.2, 0.25) is 0 Å². The van der Waals surface area contributed by atoms with E-state index in [4.69, 9.17) is 4.74 Å². The highest BCUT2D eigenvalue weighted by molar-refractivity contribution is 5.87. The normalized spacial score (nSPS) is 19.0. The van der Waals surface area contributed by atoms with Crippen molar-refractivity contribution in [2.75, 3.05) is 19.7 Å². The standard InChI is InChI=1S/C15H25NO3/c1-3-5-6-7-11-19-15(18)13-9-8-10-16(12-13)14(17)4-2/h4,13H,2-3,5-12H2,1H3. The molecule has 0 aromatic rings. The Kier molecular flexibility index (Phi) is 7.23. The zero-order valence-electron chi connectivity index (χ0n) is 11.9. The van der Waals surface area contributed by atoms with E-state index in [1.165, 1.54) is 18.9 Å². The summed E-state index contributed by atoms with van der Waals surface area (Å²) in [5.74, 6) is -0.415. The van der Waals surface area contributed by atoms with E-state index < -0.39 is 0 Å². The van der Waals surface area contributed by atoms with Gasteiger partial charge in [0.2, 0.25) is 5.91 Å². The molecule has 0 aromatic carbocycles. The predicted molar refractivity (Wildman–Crippen MR) is 74.6 cm³/mol. The Balaban J connectivity index is 2.27. The fourth-order valence-electron chi connectivity index (χ4n) is 2.32. The summed E-state index contributed by atoms with van der Waals surface area (Å²) in [5, 5.41) is 0. The van der Waals surface area contributed by atoms with Gasteiger partial charge in [-0.15, -0.1) is 0 Å². The second-order valence-electron chi connectivity index (χ2n) is 5.06. The van der Waals surface area contributed by atoms with Gasteiger partial charge in [0.15, 0.2) is 0 Å². The smallest absolute Gasteiger partial charge is 0.310 e. The molecule has 0 N–H and O–H groups in total. The summed E-state index contributed by atoms with van der Waals surface area (Å²) in [6, 6.07) is 0. The van der Waals surface area contributed by atoms with Crippen molar-refractivity contribution in [3.05, 3.63) is 12.7 Å². The van der Waals surface area contributed by atoms with E-state index in [-0.39, 0.29) is 17.8 Å². The van der Waals surface area contributed by atoms with Crippen molar-refractivity contribution < 1.29 is 14.3 Å². The molecule has 1 rings (SSSR count). The third kappa shape index (κ3) is 5.45. The molecule has 108 valence electrons. The van der Waals surface area contributed by atoms with Crippen LogP contribution in [-0.2, 0) is 14.3 Å². The van der Waals surface area contributed by atoms with Gasteiger partial charge in [-0.3, -0.25) is 9.59 Å². The summed E-state index contributed by atoms with van der Waals surface area (Å²) in [5.41, 5.74) is 0. The van der Waals surface area contributed by atoms with E-state index in [1.807, 2.05) is 0 Å². The minimum atomic E-state index is -0.163. The summed E-state index contributed by atoms with van der Waals surface area (Å²) in [7, 11) is 0. The third-order valence-corrected chi connectivity index (χ3v) is 3.48. The number of nitrogens with zero attached hydrogens (tertiary/aromatic N) is 1. The van der Waals surface area contributed by atoms with Crippen LogP contribution >= 0.6 is 0 Å². The summed E-state index contributed by atoms with van der Waals surface area (Å²) in [6.07, 6.45) is 7.37. The Bertz CT molecular complexity index is 315. The average Bonchev–Trinajstić information content (AvgIpc) is 2.46. The number of hydrogen-bond acceptors (Lipinski definition) is 3. The molecule has 19 heavy (non-hydrogen) atoms. The van der Waals surface area contributed by atoms with Crippen LogP contribution in [-0.4, -0.2) is 36.5 Å². The molecule has 1 fully saturated rings. The molecular weight excluding hydrogens is 242 g/mol. The molecule has 1 heterocycles. The largest absolute Gasteiger partial charge is 0.465 e. The van der Waals surface area contributed by atoms with E-state index in [1.54, 1.807) is 4.90 Å². The fourth-order valence-corrected chi connectivity index (χ4v) is 2.32. The van der Waals surface area contributed by atoms with Crippen LogP contribution in [0.25, 0.3) is 0 Å². The summed E-state index contributed by atoms with van der Waals surface area (Å²) >= 11 is 0.